The smallest absolute Gasteiger partial charge is 0.246 e. The summed E-state index contributed by atoms with van der Waals surface area (Å²) in [5.74, 6) is 1.72. The van der Waals surface area contributed by atoms with E-state index in [4.69, 9.17) is 4.74 Å². The Kier molecular flexibility index (Phi) is 6.67. The molecule has 0 saturated carbocycles. The number of hydrogen-bond acceptors (Lipinski definition) is 3. The molecule has 248 valence electrons. The van der Waals surface area contributed by atoms with Gasteiger partial charge in [0.25, 0.3) is 0 Å². The molecular formula is C48H33BN2OSi. The van der Waals surface area contributed by atoms with Gasteiger partial charge in [0.1, 0.15) is 0 Å². The van der Waals surface area contributed by atoms with Crippen molar-refractivity contribution in [1.82, 2.24) is 0 Å². The third-order valence-corrected chi connectivity index (χ3v) is 16.2. The minimum atomic E-state index is -2.97. The van der Waals surface area contributed by atoms with Crippen LogP contribution in [0, 0.1) is 0 Å². The molecule has 0 saturated heterocycles. The Labute approximate surface area is 311 Å². The molecule has 0 atom stereocenters. The number of para-hydroxylation sites is 5. The van der Waals surface area contributed by atoms with Crippen molar-refractivity contribution in [3.63, 3.8) is 0 Å². The van der Waals surface area contributed by atoms with Crippen molar-refractivity contribution in [2.24, 2.45) is 0 Å². The van der Waals surface area contributed by atoms with Crippen molar-refractivity contribution >= 4 is 86.0 Å². The van der Waals surface area contributed by atoms with Gasteiger partial charge in [0.2, 0.25) is 6.71 Å². The topological polar surface area (TPSA) is 15.7 Å². The van der Waals surface area contributed by atoms with E-state index in [9.17, 15) is 0 Å². The van der Waals surface area contributed by atoms with Crippen molar-refractivity contribution in [3.8, 4) is 11.5 Å². The monoisotopic (exact) mass is 692 g/mol. The molecule has 53 heavy (non-hydrogen) atoms. The summed E-state index contributed by atoms with van der Waals surface area (Å²) >= 11 is 0. The van der Waals surface area contributed by atoms with Gasteiger partial charge in [-0.3, -0.25) is 0 Å². The molecule has 8 aromatic rings. The van der Waals surface area contributed by atoms with E-state index in [0.29, 0.717) is 0 Å². The lowest BCUT2D eigenvalue weighted by Crippen LogP contribution is -2.87. The summed E-state index contributed by atoms with van der Waals surface area (Å²) in [6.07, 6.45) is 0. The van der Waals surface area contributed by atoms with Crippen LogP contribution in [-0.2, 0) is 0 Å². The Hall–Kier alpha value is -6.56. The van der Waals surface area contributed by atoms with Crippen LogP contribution in [0.15, 0.2) is 200 Å². The second-order valence-corrected chi connectivity index (χ2v) is 17.7. The first-order valence-electron chi connectivity index (χ1n) is 18.3. The van der Waals surface area contributed by atoms with Gasteiger partial charge in [0.05, 0.1) is 17.1 Å². The maximum Gasteiger partial charge on any atom is 0.246 e. The molecule has 0 radical (unpaired) electrons. The van der Waals surface area contributed by atoms with Gasteiger partial charge in [0, 0.05) is 17.1 Å². The van der Waals surface area contributed by atoms with Crippen molar-refractivity contribution < 1.29 is 4.74 Å². The molecule has 8 aromatic carbocycles. The van der Waals surface area contributed by atoms with E-state index in [1.54, 1.807) is 0 Å². The van der Waals surface area contributed by atoms with E-state index in [-0.39, 0.29) is 6.71 Å². The SMILES string of the molecule is c1ccc(N2c3ccccc3Oc3c2cc2c4c3N(c3ccccc3)c3ccccc3B4c3ccccc3[Si]2(c2ccccc2)c2ccccc2)cc1. The maximum absolute atomic E-state index is 7.27. The van der Waals surface area contributed by atoms with Crippen LogP contribution < -0.4 is 51.7 Å². The van der Waals surface area contributed by atoms with Gasteiger partial charge < -0.3 is 14.5 Å². The number of nitrogens with zero attached hydrogens (tertiary/aromatic N) is 2. The lowest BCUT2D eigenvalue weighted by Gasteiger charge is -2.49. The fourth-order valence-corrected chi connectivity index (χ4v) is 14.6. The average Bonchev–Trinajstić information content (AvgIpc) is 3.24. The van der Waals surface area contributed by atoms with Crippen LogP contribution in [0.3, 0.4) is 0 Å². The highest BCUT2D eigenvalue weighted by atomic mass is 28.3. The number of hydrogen-bond donors (Lipinski definition) is 0. The fraction of sp³-hybridized carbons (Fsp3) is 0. The Balaban J connectivity index is 1.38. The Bertz CT molecular complexity index is 2630. The molecule has 3 heterocycles. The molecule has 3 aliphatic rings. The van der Waals surface area contributed by atoms with Crippen molar-refractivity contribution in [2.75, 3.05) is 9.80 Å². The summed E-state index contributed by atoms with van der Waals surface area (Å²) in [6, 6.07) is 73.5. The number of ether oxygens (including phenoxy) is 1. The van der Waals surface area contributed by atoms with Gasteiger partial charge in [-0.05, 0) is 80.2 Å². The molecule has 0 amide bonds. The number of anilines is 6. The van der Waals surface area contributed by atoms with Crippen LogP contribution in [0.5, 0.6) is 11.5 Å². The molecular weight excluding hydrogens is 659 g/mol. The molecule has 3 nitrogen and oxygen atoms in total. The summed E-state index contributed by atoms with van der Waals surface area (Å²) in [5.41, 5.74) is 10.6. The first kappa shape index (κ1) is 30.1. The van der Waals surface area contributed by atoms with Gasteiger partial charge >= 0.3 is 0 Å². The number of benzene rings is 8. The summed E-state index contributed by atoms with van der Waals surface area (Å²) in [7, 11) is -2.97. The lowest BCUT2D eigenvalue weighted by atomic mass is 9.34. The minimum absolute atomic E-state index is 0.0108. The second kappa shape index (κ2) is 11.7. The first-order chi connectivity index (χ1) is 26.3. The quantitative estimate of drug-likeness (QED) is 0.181. The van der Waals surface area contributed by atoms with Crippen molar-refractivity contribution in [2.45, 2.75) is 0 Å². The minimum Gasteiger partial charge on any atom is -0.451 e. The highest BCUT2D eigenvalue weighted by Crippen LogP contribution is 2.55. The molecule has 0 fully saturated rings. The summed E-state index contributed by atoms with van der Waals surface area (Å²) in [6.45, 7) is 0.0108. The second-order valence-electron chi connectivity index (χ2n) is 14.0. The molecule has 0 unspecified atom stereocenters. The fourth-order valence-electron chi connectivity index (χ4n) is 9.35. The van der Waals surface area contributed by atoms with Crippen LogP contribution in [0.1, 0.15) is 0 Å². The molecule has 3 aliphatic heterocycles. The predicted molar refractivity (Wildman–Crippen MR) is 224 cm³/mol. The van der Waals surface area contributed by atoms with Crippen molar-refractivity contribution in [3.05, 3.63) is 200 Å². The maximum atomic E-state index is 7.27. The third-order valence-electron chi connectivity index (χ3n) is 11.4. The normalized spacial score (nSPS) is 14.2. The number of fused-ring (bicyclic) bond motifs is 7. The number of rotatable bonds is 4. The van der Waals surface area contributed by atoms with E-state index in [2.05, 4.69) is 210 Å². The molecule has 5 heteroatoms. The van der Waals surface area contributed by atoms with E-state index in [1.165, 1.54) is 42.8 Å². The highest BCUT2D eigenvalue weighted by molar-refractivity contribution is 7.26. The Morgan fingerprint density at radius 3 is 1.58 bits per heavy atom. The lowest BCUT2D eigenvalue weighted by molar-refractivity contribution is 0.478. The zero-order valence-electron chi connectivity index (χ0n) is 28.9. The zero-order valence-corrected chi connectivity index (χ0v) is 29.9. The van der Waals surface area contributed by atoms with Gasteiger partial charge in [0.15, 0.2) is 19.6 Å². The Morgan fingerprint density at radius 1 is 0.415 bits per heavy atom. The van der Waals surface area contributed by atoms with E-state index in [1.807, 2.05) is 0 Å². The van der Waals surface area contributed by atoms with Crippen LogP contribution in [-0.4, -0.2) is 14.8 Å². The van der Waals surface area contributed by atoms with E-state index in [0.717, 1.165) is 39.9 Å². The Morgan fingerprint density at radius 2 is 0.925 bits per heavy atom. The third kappa shape index (κ3) is 4.23. The molecule has 0 aliphatic carbocycles. The first-order valence-corrected chi connectivity index (χ1v) is 20.3. The zero-order chi connectivity index (χ0) is 34.9. The van der Waals surface area contributed by atoms with E-state index >= 15 is 0 Å². The standard InChI is InChI=1S/C48H33BN2OSi/c1-5-19-34(20-6-1)50-41-30-16-17-31-43(41)52-48-42(50)33-45-46-47(48)51(35-21-7-2-8-22-35)40-29-15-13-27-38(40)49(46)39-28-14-18-32-44(39)53(45,36-23-9-3-10-24-36)37-25-11-4-12-26-37/h1-33H. The molecule has 0 bridgehead atoms. The average molecular weight is 693 g/mol. The van der Waals surface area contributed by atoms with Gasteiger partial charge in [-0.2, -0.15) is 0 Å². The van der Waals surface area contributed by atoms with Crippen LogP contribution in [0.25, 0.3) is 0 Å². The van der Waals surface area contributed by atoms with Crippen LogP contribution >= 0.6 is 0 Å². The molecule has 0 aromatic heterocycles. The van der Waals surface area contributed by atoms with Gasteiger partial charge in [-0.15, -0.1) is 0 Å². The molecule has 0 spiro atoms. The largest absolute Gasteiger partial charge is 0.451 e. The van der Waals surface area contributed by atoms with Crippen LogP contribution in [0.4, 0.5) is 34.1 Å². The highest BCUT2D eigenvalue weighted by Gasteiger charge is 2.54. The molecule has 11 rings (SSSR count). The van der Waals surface area contributed by atoms with E-state index < -0.39 is 8.07 Å². The molecule has 0 N–H and O–H groups in total. The van der Waals surface area contributed by atoms with Crippen molar-refractivity contribution in [1.29, 1.82) is 0 Å². The predicted octanol–water partition coefficient (Wildman–Crippen LogP) is 7.25. The van der Waals surface area contributed by atoms with Gasteiger partial charge in [-0.25, -0.2) is 0 Å². The summed E-state index contributed by atoms with van der Waals surface area (Å²) < 4.78 is 7.27. The summed E-state index contributed by atoms with van der Waals surface area (Å²) in [4.78, 5) is 4.89. The summed E-state index contributed by atoms with van der Waals surface area (Å²) in [5, 5.41) is 5.57. The van der Waals surface area contributed by atoms with Crippen LogP contribution in [0.2, 0.25) is 0 Å². The van der Waals surface area contributed by atoms with Gasteiger partial charge in [-0.1, -0.05) is 157 Å².